The van der Waals surface area contributed by atoms with Gasteiger partial charge in [0.05, 0.1) is 0 Å². The fraction of sp³-hybridized carbons (Fsp3) is 0.154. The highest BCUT2D eigenvalue weighted by Crippen LogP contribution is 2.18. The molecule has 0 fully saturated rings. The number of pyridine rings is 1. The normalized spacial score (nSPS) is 10.4. The molecule has 0 unspecified atom stereocenters. The molecule has 2 nitrogen and oxygen atoms in total. The average Bonchev–Trinajstić information content (AvgIpc) is 2.19. The molecule has 1 N–H and O–H groups in total. The van der Waals surface area contributed by atoms with E-state index in [0.29, 0.717) is 5.56 Å². The number of hydrogen-bond donors (Lipinski definition) is 1. The van der Waals surface area contributed by atoms with Gasteiger partial charge in [-0.1, -0.05) is 12.1 Å². The molecule has 16 heavy (non-hydrogen) atoms. The minimum absolute atomic E-state index is 0.0413. The molecule has 0 bridgehead atoms. The van der Waals surface area contributed by atoms with Crippen LogP contribution < -0.4 is 5.43 Å². The van der Waals surface area contributed by atoms with E-state index in [1.165, 1.54) is 12.1 Å². The standard InChI is InChI=1S/C13H12FNO/c1-8-7-12(16)13(9(2)15-8)10-3-5-11(14)6-4-10/h3-7H,1-2H3,(H,15,16). The van der Waals surface area contributed by atoms with Gasteiger partial charge in [0, 0.05) is 23.0 Å². The van der Waals surface area contributed by atoms with Gasteiger partial charge in [-0.25, -0.2) is 4.39 Å². The highest BCUT2D eigenvalue weighted by atomic mass is 19.1. The van der Waals surface area contributed by atoms with Crippen LogP contribution in [-0.4, -0.2) is 4.98 Å². The van der Waals surface area contributed by atoms with Crippen molar-refractivity contribution in [2.45, 2.75) is 13.8 Å². The monoisotopic (exact) mass is 217 g/mol. The van der Waals surface area contributed by atoms with Gasteiger partial charge in [0.2, 0.25) is 0 Å². The zero-order valence-corrected chi connectivity index (χ0v) is 9.17. The van der Waals surface area contributed by atoms with Gasteiger partial charge in [0.15, 0.2) is 5.43 Å². The van der Waals surface area contributed by atoms with Crippen molar-refractivity contribution < 1.29 is 4.39 Å². The van der Waals surface area contributed by atoms with Crippen molar-refractivity contribution in [2.75, 3.05) is 0 Å². The Bertz CT molecular complexity index is 569. The van der Waals surface area contributed by atoms with Crippen molar-refractivity contribution in [1.82, 2.24) is 4.98 Å². The number of rotatable bonds is 1. The maximum atomic E-state index is 12.8. The third-order valence-corrected chi connectivity index (χ3v) is 2.49. The van der Waals surface area contributed by atoms with E-state index in [2.05, 4.69) is 4.98 Å². The number of aryl methyl sites for hydroxylation is 2. The van der Waals surface area contributed by atoms with Crippen molar-refractivity contribution >= 4 is 0 Å². The second-order valence-electron chi connectivity index (χ2n) is 3.82. The average molecular weight is 217 g/mol. The molecule has 0 aliphatic rings. The van der Waals surface area contributed by atoms with Crippen LogP contribution in [0.15, 0.2) is 35.1 Å². The van der Waals surface area contributed by atoms with Gasteiger partial charge in [-0.15, -0.1) is 0 Å². The van der Waals surface area contributed by atoms with Crippen LogP contribution in [0, 0.1) is 19.7 Å². The maximum absolute atomic E-state index is 12.8. The van der Waals surface area contributed by atoms with E-state index in [-0.39, 0.29) is 11.2 Å². The van der Waals surface area contributed by atoms with Crippen LogP contribution in [0.3, 0.4) is 0 Å². The summed E-state index contributed by atoms with van der Waals surface area (Å²) in [4.78, 5) is 14.9. The summed E-state index contributed by atoms with van der Waals surface area (Å²) in [5.74, 6) is -0.301. The van der Waals surface area contributed by atoms with Crippen molar-refractivity contribution in [2.24, 2.45) is 0 Å². The summed E-state index contributed by atoms with van der Waals surface area (Å²) >= 11 is 0. The fourth-order valence-electron chi connectivity index (χ4n) is 1.82. The lowest BCUT2D eigenvalue weighted by Crippen LogP contribution is -2.08. The van der Waals surface area contributed by atoms with E-state index in [4.69, 9.17) is 0 Å². The van der Waals surface area contributed by atoms with Crippen LogP contribution in [0.1, 0.15) is 11.4 Å². The van der Waals surface area contributed by atoms with Crippen LogP contribution in [0.25, 0.3) is 11.1 Å². The number of aromatic amines is 1. The Balaban J connectivity index is 2.65. The first-order chi connectivity index (χ1) is 7.58. The highest BCUT2D eigenvalue weighted by Gasteiger charge is 2.07. The lowest BCUT2D eigenvalue weighted by Gasteiger charge is -2.06. The molecule has 0 spiro atoms. The molecule has 1 aromatic heterocycles. The molecule has 0 aliphatic heterocycles. The first-order valence-electron chi connectivity index (χ1n) is 5.04. The largest absolute Gasteiger partial charge is 0.362 e. The molecule has 0 atom stereocenters. The minimum atomic E-state index is -0.301. The summed E-state index contributed by atoms with van der Waals surface area (Å²) < 4.78 is 12.8. The minimum Gasteiger partial charge on any atom is -0.362 e. The van der Waals surface area contributed by atoms with E-state index in [9.17, 15) is 9.18 Å². The van der Waals surface area contributed by atoms with E-state index in [1.807, 2.05) is 13.8 Å². The molecule has 0 saturated carbocycles. The van der Waals surface area contributed by atoms with E-state index in [1.54, 1.807) is 18.2 Å². The van der Waals surface area contributed by atoms with Gasteiger partial charge in [0.25, 0.3) is 0 Å². The predicted molar refractivity (Wildman–Crippen MR) is 61.9 cm³/mol. The van der Waals surface area contributed by atoms with Gasteiger partial charge in [0.1, 0.15) is 5.82 Å². The molecule has 1 aromatic carbocycles. The summed E-state index contributed by atoms with van der Waals surface area (Å²) in [5, 5.41) is 0. The maximum Gasteiger partial charge on any atom is 0.189 e. The highest BCUT2D eigenvalue weighted by molar-refractivity contribution is 5.65. The van der Waals surface area contributed by atoms with Crippen LogP contribution in [0.4, 0.5) is 4.39 Å². The Labute approximate surface area is 92.8 Å². The van der Waals surface area contributed by atoms with Crippen molar-refractivity contribution in [1.29, 1.82) is 0 Å². The molecule has 3 heteroatoms. The number of aromatic nitrogens is 1. The van der Waals surface area contributed by atoms with Gasteiger partial charge in [-0.3, -0.25) is 4.79 Å². The van der Waals surface area contributed by atoms with Gasteiger partial charge >= 0.3 is 0 Å². The second-order valence-corrected chi connectivity index (χ2v) is 3.82. The predicted octanol–water partition coefficient (Wildman–Crippen LogP) is 2.80. The number of H-pyrrole nitrogens is 1. The molecule has 2 rings (SSSR count). The number of benzene rings is 1. The Hall–Kier alpha value is -1.90. The Morgan fingerprint density at radius 1 is 1.12 bits per heavy atom. The van der Waals surface area contributed by atoms with E-state index < -0.39 is 0 Å². The van der Waals surface area contributed by atoms with Crippen LogP contribution in [0.2, 0.25) is 0 Å². The Morgan fingerprint density at radius 2 is 1.75 bits per heavy atom. The lowest BCUT2D eigenvalue weighted by molar-refractivity contribution is 0.628. The first-order valence-corrected chi connectivity index (χ1v) is 5.04. The van der Waals surface area contributed by atoms with Crippen LogP contribution >= 0.6 is 0 Å². The SMILES string of the molecule is Cc1cc(=O)c(-c2ccc(F)cc2)c(C)[nH]1. The Morgan fingerprint density at radius 3 is 2.31 bits per heavy atom. The summed E-state index contributed by atoms with van der Waals surface area (Å²) in [6.45, 7) is 3.68. The topological polar surface area (TPSA) is 32.9 Å². The molecule has 82 valence electrons. The van der Waals surface area contributed by atoms with Gasteiger partial charge in [-0.2, -0.15) is 0 Å². The lowest BCUT2D eigenvalue weighted by atomic mass is 10.0. The van der Waals surface area contributed by atoms with E-state index in [0.717, 1.165) is 17.0 Å². The number of nitrogens with one attached hydrogen (secondary N) is 1. The van der Waals surface area contributed by atoms with Gasteiger partial charge in [-0.05, 0) is 31.5 Å². The second kappa shape index (κ2) is 3.93. The van der Waals surface area contributed by atoms with Crippen molar-refractivity contribution in [3.05, 3.63) is 57.8 Å². The summed E-state index contributed by atoms with van der Waals surface area (Å²) in [5.41, 5.74) is 2.93. The molecule has 0 amide bonds. The number of hydrogen-bond acceptors (Lipinski definition) is 1. The Kier molecular flexibility index (Phi) is 2.60. The zero-order valence-electron chi connectivity index (χ0n) is 9.17. The summed E-state index contributed by atoms with van der Waals surface area (Å²) in [7, 11) is 0. The summed E-state index contributed by atoms with van der Waals surface area (Å²) in [6.07, 6.45) is 0. The molecule has 0 radical (unpaired) electrons. The van der Waals surface area contributed by atoms with Crippen molar-refractivity contribution in [3.63, 3.8) is 0 Å². The third-order valence-electron chi connectivity index (χ3n) is 2.49. The first kappa shape index (κ1) is 10.6. The van der Waals surface area contributed by atoms with E-state index >= 15 is 0 Å². The smallest absolute Gasteiger partial charge is 0.189 e. The molecule has 1 heterocycles. The van der Waals surface area contributed by atoms with Crippen molar-refractivity contribution in [3.8, 4) is 11.1 Å². The van der Waals surface area contributed by atoms with Crippen LogP contribution in [-0.2, 0) is 0 Å². The molecule has 0 saturated heterocycles. The number of halogens is 1. The molecule has 2 aromatic rings. The summed E-state index contributed by atoms with van der Waals surface area (Å²) in [6, 6.07) is 7.48. The molecular formula is C13H12FNO. The van der Waals surface area contributed by atoms with Gasteiger partial charge < -0.3 is 4.98 Å². The molecule has 0 aliphatic carbocycles. The third kappa shape index (κ3) is 1.89. The fourth-order valence-corrected chi connectivity index (χ4v) is 1.82. The molecular weight excluding hydrogens is 205 g/mol. The van der Waals surface area contributed by atoms with Crippen LogP contribution in [0.5, 0.6) is 0 Å². The zero-order chi connectivity index (χ0) is 11.7. The quantitative estimate of drug-likeness (QED) is 0.782.